The largest absolute Gasteiger partial charge is 0.461 e. The van der Waals surface area contributed by atoms with Gasteiger partial charge in [0.15, 0.2) is 0 Å². The summed E-state index contributed by atoms with van der Waals surface area (Å²) in [5, 5.41) is 0. The number of esters is 1. The van der Waals surface area contributed by atoms with Crippen LogP contribution < -0.4 is 11.6 Å². The molecule has 0 saturated heterocycles. The van der Waals surface area contributed by atoms with Crippen molar-refractivity contribution in [1.29, 1.82) is 0 Å². The van der Waals surface area contributed by atoms with Crippen molar-refractivity contribution in [2.24, 2.45) is 0 Å². The van der Waals surface area contributed by atoms with Gasteiger partial charge in [0.25, 0.3) is 0 Å². The highest BCUT2D eigenvalue weighted by molar-refractivity contribution is 5.88. The lowest BCUT2D eigenvalue weighted by atomic mass is 10.4. The van der Waals surface area contributed by atoms with Crippen LogP contribution in [0.4, 0.5) is 5.82 Å². The van der Waals surface area contributed by atoms with Gasteiger partial charge in [-0.05, 0) is 19.1 Å². The third-order valence-electron chi connectivity index (χ3n) is 1.43. The molecule has 0 bridgehead atoms. The maximum Gasteiger partial charge on any atom is 0.356 e. The minimum Gasteiger partial charge on any atom is -0.461 e. The second-order valence-electron chi connectivity index (χ2n) is 2.23. The Balaban J connectivity index is 2.88. The molecule has 0 radical (unpaired) electrons. The van der Waals surface area contributed by atoms with Gasteiger partial charge in [-0.3, -0.25) is 0 Å². The molecule has 0 unspecified atom stereocenters. The van der Waals surface area contributed by atoms with Crippen molar-refractivity contribution in [3.05, 3.63) is 17.8 Å². The van der Waals surface area contributed by atoms with E-state index in [1.165, 1.54) is 6.07 Å². The SMILES string of the molecule is CCOC(=O)c1ccc(N)n1N. The number of carbonyl (C=O) groups is 1. The number of ether oxygens (including phenoxy) is 1. The quantitative estimate of drug-likeness (QED) is 0.480. The summed E-state index contributed by atoms with van der Waals surface area (Å²) in [7, 11) is 0. The Bertz CT molecular complexity index is 293. The molecule has 0 amide bonds. The third kappa shape index (κ3) is 1.34. The first-order chi connectivity index (χ1) is 5.66. The first-order valence-corrected chi connectivity index (χ1v) is 3.56. The highest BCUT2D eigenvalue weighted by atomic mass is 16.5. The van der Waals surface area contributed by atoms with Crippen molar-refractivity contribution in [2.75, 3.05) is 18.2 Å². The van der Waals surface area contributed by atoms with E-state index in [2.05, 4.69) is 0 Å². The number of rotatable bonds is 2. The molecule has 0 fully saturated rings. The molecule has 1 aromatic rings. The van der Waals surface area contributed by atoms with Gasteiger partial charge in [0, 0.05) is 0 Å². The van der Waals surface area contributed by atoms with E-state index in [0.717, 1.165) is 4.68 Å². The van der Waals surface area contributed by atoms with Gasteiger partial charge in [0.1, 0.15) is 11.5 Å². The molecule has 0 atom stereocenters. The molecule has 5 heteroatoms. The second-order valence-corrected chi connectivity index (χ2v) is 2.23. The molecule has 0 aliphatic heterocycles. The van der Waals surface area contributed by atoms with E-state index in [-0.39, 0.29) is 5.69 Å². The summed E-state index contributed by atoms with van der Waals surface area (Å²) in [4.78, 5) is 11.1. The van der Waals surface area contributed by atoms with E-state index in [0.29, 0.717) is 12.4 Å². The maximum atomic E-state index is 11.1. The van der Waals surface area contributed by atoms with Gasteiger partial charge >= 0.3 is 5.97 Å². The molecule has 1 heterocycles. The summed E-state index contributed by atoms with van der Waals surface area (Å²) in [6.07, 6.45) is 0. The van der Waals surface area contributed by atoms with Gasteiger partial charge in [-0.15, -0.1) is 0 Å². The van der Waals surface area contributed by atoms with Gasteiger partial charge in [-0.25, -0.2) is 9.47 Å². The smallest absolute Gasteiger partial charge is 0.356 e. The van der Waals surface area contributed by atoms with Crippen LogP contribution in [0.25, 0.3) is 0 Å². The molecule has 0 aliphatic carbocycles. The summed E-state index contributed by atoms with van der Waals surface area (Å²) in [5.41, 5.74) is 5.66. The molecule has 5 nitrogen and oxygen atoms in total. The standard InChI is InChI=1S/C7H11N3O2/c1-2-12-7(11)5-3-4-6(8)10(5)9/h3-4H,2,8-9H2,1H3. The van der Waals surface area contributed by atoms with Crippen LogP contribution in [-0.2, 0) is 4.74 Å². The van der Waals surface area contributed by atoms with Crippen LogP contribution in [0.1, 0.15) is 17.4 Å². The number of anilines is 1. The molecule has 1 aromatic heterocycles. The number of nitrogens with two attached hydrogens (primary N) is 2. The fourth-order valence-corrected chi connectivity index (χ4v) is 0.835. The Kier molecular flexibility index (Phi) is 2.23. The van der Waals surface area contributed by atoms with Crippen molar-refractivity contribution in [3.8, 4) is 0 Å². The number of nitrogen functional groups attached to an aromatic ring is 2. The molecular weight excluding hydrogens is 158 g/mol. The summed E-state index contributed by atoms with van der Waals surface area (Å²) in [6.45, 7) is 2.05. The molecule has 0 spiro atoms. The van der Waals surface area contributed by atoms with Crippen LogP contribution in [0.3, 0.4) is 0 Å². The number of carbonyl (C=O) groups excluding carboxylic acids is 1. The van der Waals surface area contributed by atoms with Crippen molar-refractivity contribution in [3.63, 3.8) is 0 Å². The topological polar surface area (TPSA) is 83.3 Å². The van der Waals surface area contributed by atoms with Crippen LogP contribution in [0.15, 0.2) is 12.1 Å². The van der Waals surface area contributed by atoms with Gasteiger partial charge in [-0.1, -0.05) is 0 Å². The molecule has 66 valence electrons. The average molecular weight is 169 g/mol. The Morgan fingerprint density at radius 2 is 2.33 bits per heavy atom. The molecular formula is C7H11N3O2. The lowest BCUT2D eigenvalue weighted by Crippen LogP contribution is -2.19. The predicted molar refractivity (Wildman–Crippen MR) is 45.0 cm³/mol. The zero-order chi connectivity index (χ0) is 9.14. The fourth-order valence-electron chi connectivity index (χ4n) is 0.835. The van der Waals surface area contributed by atoms with Gasteiger partial charge in [0.05, 0.1) is 6.61 Å². The number of aromatic nitrogens is 1. The van der Waals surface area contributed by atoms with Crippen molar-refractivity contribution in [1.82, 2.24) is 4.68 Å². The first kappa shape index (κ1) is 8.45. The molecule has 0 aliphatic rings. The van der Waals surface area contributed by atoms with E-state index in [9.17, 15) is 4.79 Å². The van der Waals surface area contributed by atoms with E-state index in [1.54, 1.807) is 13.0 Å². The van der Waals surface area contributed by atoms with Gasteiger partial charge in [-0.2, -0.15) is 0 Å². The van der Waals surface area contributed by atoms with Crippen LogP contribution in [0.5, 0.6) is 0 Å². The average Bonchev–Trinajstić information content (AvgIpc) is 2.34. The molecule has 12 heavy (non-hydrogen) atoms. The lowest BCUT2D eigenvalue weighted by Gasteiger charge is -2.03. The highest BCUT2D eigenvalue weighted by Gasteiger charge is 2.11. The van der Waals surface area contributed by atoms with Crippen LogP contribution in [0, 0.1) is 0 Å². The predicted octanol–water partition coefficient (Wildman–Crippen LogP) is -0.0392. The number of hydrogen-bond acceptors (Lipinski definition) is 4. The molecule has 0 saturated carbocycles. The highest BCUT2D eigenvalue weighted by Crippen LogP contribution is 2.07. The van der Waals surface area contributed by atoms with Crippen LogP contribution in [0.2, 0.25) is 0 Å². The minimum absolute atomic E-state index is 0.259. The van der Waals surface area contributed by atoms with Crippen LogP contribution >= 0.6 is 0 Å². The second kappa shape index (κ2) is 3.17. The van der Waals surface area contributed by atoms with E-state index < -0.39 is 5.97 Å². The molecule has 4 N–H and O–H groups in total. The Morgan fingerprint density at radius 3 is 2.75 bits per heavy atom. The zero-order valence-corrected chi connectivity index (χ0v) is 6.78. The Hall–Kier alpha value is -1.65. The summed E-state index contributed by atoms with van der Waals surface area (Å²) >= 11 is 0. The van der Waals surface area contributed by atoms with E-state index in [4.69, 9.17) is 16.3 Å². The Labute approximate surface area is 69.9 Å². The summed E-state index contributed by atoms with van der Waals surface area (Å²) in [6, 6.07) is 3.07. The maximum absolute atomic E-state index is 11.1. The minimum atomic E-state index is -0.461. The first-order valence-electron chi connectivity index (χ1n) is 3.56. The molecule has 1 rings (SSSR count). The number of hydrogen-bond donors (Lipinski definition) is 2. The van der Waals surface area contributed by atoms with E-state index >= 15 is 0 Å². The number of nitrogens with zero attached hydrogens (tertiary/aromatic N) is 1. The van der Waals surface area contributed by atoms with Crippen molar-refractivity contribution < 1.29 is 9.53 Å². The third-order valence-corrected chi connectivity index (χ3v) is 1.43. The molecule has 0 aromatic carbocycles. The summed E-state index contributed by atoms with van der Waals surface area (Å²) in [5.74, 6) is 5.29. The van der Waals surface area contributed by atoms with Crippen molar-refractivity contribution in [2.45, 2.75) is 6.92 Å². The normalized spacial score (nSPS) is 9.75. The van der Waals surface area contributed by atoms with Gasteiger partial charge in [0.2, 0.25) is 0 Å². The van der Waals surface area contributed by atoms with Gasteiger partial charge < -0.3 is 16.3 Å². The monoisotopic (exact) mass is 169 g/mol. The van der Waals surface area contributed by atoms with Crippen molar-refractivity contribution >= 4 is 11.8 Å². The lowest BCUT2D eigenvalue weighted by molar-refractivity contribution is 0.0516. The van der Waals surface area contributed by atoms with E-state index in [1.807, 2.05) is 0 Å². The zero-order valence-electron chi connectivity index (χ0n) is 6.78. The fraction of sp³-hybridized carbons (Fsp3) is 0.286. The summed E-state index contributed by atoms with van der Waals surface area (Å²) < 4.78 is 5.82. The Morgan fingerprint density at radius 1 is 1.67 bits per heavy atom. The van der Waals surface area contributed by atoms with Crippen LogP contribution in [-0.4, -0.2) is 17.3 Å².